The van der Waals surface area contributed by atoms with Crippen molar-refractivity contribution in [1.29, 1.82) is 0 Å². The van der Waals surface area contributed by atoms with Crippen LogP contribution in [0.1, 0.15) is 55.4 Å². The fourth-order valence-electron chi connectivity index (χ4n) is 3.99. The van der Waals surface area contributed by atoms with Crippen LogP contribution in [-0.4, -0.2) is 40.5 Å². The second kappa shape index (κ2) is 6.83. The predicted octanol–water partition coefficient (Wildman–Crippen LogP) is 5.21. The highest BCUT2D eigenvalue weighted by molar-refractivity contribution is 7.68. The van der Waals surface area contributed by atoms with Gasteiger partial charge in [0.25, 0.3) is 0 Å². The van der Waals surface area contributed by atoms with E-state index < -0.39 is 0 Å². The van der Waals surface area contributed by atoms with E-state index in [0.717, 1.165) is 0 Å². The average Bonchev–Trinajstić information content (AvgIpc) is 2.64. The topological polar surface area (TPSA) is 18.5 Å². The number of anilines is 1. The van der Waals surface area contributed by atoms with Crippen molar-refractivity contribution in [1.82, 2.24) is 9.80 Å². The molecule has 0 saturated heterocycles. The van der Waals surface area contributed by atoms with Crippen molar-refractivity contribution in [3.8, 4) is 0 Å². The summed E-state index contributed by atoms with van der Waals surface area (Å²) < 4.78 is 0. The molecule has 1 aromatic rings. The molecule has 3 nitrogen and oxygen atoms in total. The van der Waals surface area contributed by atoms with Crippen LogP contribution in [0.2, 0.25) is 0 Å². The summed E-state index contributed by atoms with van der Waals surface area (Å²) in [5.41, 5.74) is 3.92. The monoisotopic (exact) mass is 361 g/mol. The normalized spacial score (nSPS) is 17.1. The number of nitrogens with zero attached hydrogens (tertiary/aromatic N) is 2. The average molecular weight is 362 g/mol. The Kier molecular flexibility index (Phi) is 5.50. The first kappa shape index (κ1) is 20.1. The van der Waals surface area contributed by atoms with Crippen LogP contribution in [0, 0.1) is 0 Å². The van der Waals surface area contributed by atoms with Gasteiger partial charge < -0.3 is 15.1 Å². The number of allylic oxidation sites excluding steroid dienone is 2. The molecule has 1 heterocycles. The maximum atomic E-state index is 3.82. The Hall–Kier alpha value is -1.21. The lowest BCUT2D eigenvalue weighted by atomic mass is 10.2. The van der Waals surface area contributed by atoms with E-state index in [4.69, 9.17) is 0 Å². The van der Waals surface area contributed by atoms with Gasteiger partial charge in [-0.2, -0.15) is 0 Å². The van der Waals surface area contributed by atoms with Crippen LogP contribution in [0.4, 0.5) is 5.69 Å². The maximum Gasteiger partial charge on any atom is 0.177 e. The zero-order valence-corrected chi connectivity index (χ0v) is 18.6. The van der Waals surface area contributed by atoms with Gasteiger partial charge >= 0.3 is 0 Å². The molecule has 0 saturated carbocycles. The van der Waals surface area contributed by atoms with Crippen molar-refractivity contribution < 1.29 is 0 Å². The van der Waals surface area contributed by atoms with Crippen molar-refractivity contribution >= 4 is 18.9 Å². The molecule has 1 aliphatic heterocycles. The molecule has 0 spiro atoms. The Bertz CT molecular complexity index is 620. The third-order valence-electron chi connectivity index (χ3n) is 5.09. The Morgan fingerprint density at radius 2 is 1.28 bits per heavy atom. The van der Waals surface area contributed by atoms with Crippen molar-refractivity contribution in [2.75, 3.05) is 19.4 Å². The summed E-state index contributed by atoms with van der Waals surface area (Å²) in [5.74, 6) is 0. The van der Waals surface area contributed by atoms with E-state index in [1.165, 1.54) is 22.4 Å². The van der Waals surface area contributed by atoms with Gasteiger partial charge in [0.1, 0.15) is 0 Å². The van der Waals surface area contributed by atoms with E-state index in [0.29, 0.717) is 0 Å². The van der Waals surface area contributed by atoms with E-state index in [-0.39, 0.29) is 24.5 Å². The zero-order valence-electron chi connectivity index (χ0n) is 17.7. The number of benzene rings is 1. The molecule has 0 amide bonds. The summed E-state index contributed by atoms with van der Waals surface area (Å²) in [7, 11) is 3.99. The van der Waals surface area contributed by atoms with Crippen LogP contribution in [0.5, 0.6) is 0 Å². The lowest BCUT2D eigenvalue weighted by Crippen LogP contribution is -2.44. The van der Waals surface area contributed by atoms with E-state index >= 15 is 0 Å². The van der Waals surface area contributed by atoms with Gasteiger partial charge in [0, 0.05) is 36.5 Å². The van der Waals surface area contributed by atoms with Gasteiger partial charge in [-0.3, -0.25) is 0 Å². The predicted molar refractivity (Wildman–Crippen MR) is 114 cm³/mol. The summed E-state index contributed by atoms with van der Waals surface area (Å²) in [4.78, 5) is 4.64. The third kappa shape index (κ3) is 3.97. The van der Waals surface area contributed by atoms with Crippen LogP contribution in [-0.2, 0) is 0 Å². The molecule has 0 unspecified atom stereocenters. The van der Waals surface area contributed by atoms with Crippen LogP contribution < -0.4 is 10.6 Å². The number of para-hydroxylation sites is 1. The molecule has 0 aromatic heterocycles. The van der Waals surface area contributed by atoms with Crippen molar-refractivity contribution in [2.24, 2.45) is 0 Å². The summed E-state index contributed by atoms with van der Waals surface area (Å²) in [6.07, 6.45) is 0.165. The summed E-state index contributed by atoms with van der Waals surface area (Å²) in [5, 5.41) is 5.80. The number of nitrogens with one attached hydrogen (secondary N) is 1. The highest BCUT2D eigenvalue weighted by atomic mass is 31.1. The lowest BCUT2D eigenvalue weighted by Gasteiger charge is -2.43. The fraction of sp³-hybridized carbons (Fsp3) is 0.619. The smallest absolute Gasteiger partial charge is 0.177 e. The molecular weight excluding hydrogens is 325 g/mol. The minimum atomic E-state index is -0.343. The number of hydrogen-bond acceptors (Lipinski definition) is 3. The molecule has 1 aromatic carbocycles. The first-order chi connectivity index (χ1) is 11.4. The van der Waals surface area contributed by atoms with E-state index in [2.05, 4.69) is 109 Å². The Morgan fingerprint density at radius 3 is 1.72 bits per heavy atom. The molecule has 2 rings (SSSR count). The van der Waals surface area contributed by atoms with Gasteiger partial charge in [-0.25, -0.2) is 0 Å². The van der Waals surface area contributed by atoms with Gasteiger partial charge in [0.05, 0.1) is 0 Å². The summed E-state index contributed by atoms with van der Waals surface area (Å²) in [6.45, 7) is 18.7. The summed E-state index contributed by atoms with van der Waals surface area (Å²) >= 11 is 0. The SMILES string of the molecule is CC1=C(C)N(C)C(Nc2ccccc2P(C(C)(C)C)C(C)(C)C)N1C. The molecule has 0 fully saturated rings. The molecule has 25 heavy (non-hydrogen) atoms. The molecule has 1 aliphatic rings. The molecule has 1 N–H and O–H groups in total. The molecule has 4 heteroatoms. The van der Waals surface area contributed by atoms with Gasteiger partial charge in [-0.15, -0.1) is 0 Å². The quantitative estimate of drug-likeness (QED) is 0.745. The van der Waals surface area contributed by atoms with Crippen LogP contribution in [0.15, 0.2) is 35.7 Å². The molecule has 0 aliphatic carbocycles. The maximum absolute atomic E-state index is 3.82. The van der Waals surface area contributed by atoms with Gasteiger partial charge in [0.2, 0.25) is 0 Å². The van der Waals surface area contributed by atoms with Crippen LogP contribution >= 0.6 is 7.92 Å². The van der Waals surface area contributed by atoms with Gasteiger partial charge in [-0.05, 0) is 30.2 Å². The van der Waals surface area contributed by atoms with E-state index in [9.17, 15) is 0 Å². The molecule has 0 atom stereocenters. The van der Waals surface area contributed by atoms with Crippen LogP contribution in [0.3, 0.4) is 0 Å². The minimum Gasteiger partial charge on any atom is -0.348 e. The third-order valence-corrected chi connectivity index (χ3v) is 8.64. The molecular formula is C21H36N3P. The molecule has 0 radical (unpaired) electrons. The summed E-state index contributed by atoms with van der Waals surface area (Å²) in [6, 6.07) is 8.90. The second-order valence-electron chi connectivity index (χ2n) is 9.10. The highest BCUT2D eigenvalue weighted by Crippen LogP contribution is 2.59. The Balaban J connectivity index is 2.43. The standard InChI is InChI=1S/C21H36N3P/c1-15-16(2)24(10)19(23(15)9)22-17-13-11-12-14-18(17)25(20(3,4)5)21(6,7)8/h11-14,19,22H,1-10H3. The molecule has 140 valence electrons. The zero-order chi connectivity index (χ0) is 19.2. The van der Waals surface area contributed by atoms with Crippen LogP contribution in [0.25, 0.3) is 0 Å². The lowest BCUT2D eigenvalue weighted by molar-refractivity contribution is 0.218. The van der Waals surface area contributed by atoms with Crippen molar-refractivity contribution in [3.05, 3.63) is 35.7 Å². The van der Waals surface area contributed by atoms with Gasteiger partial charge in [0.15, 0.2) is 6.29 Å². The van der Waals surface area contributed by atoms with Crippen molar-refractivity contribution in [3.63, 3.8) is 0 Å². The number of rotatable bonds is 3. The first-order valence-electron chi connectivity index (χ1n) is 9.14. The Labute approximate surface area is 156 Å². The second-order valence-corrected chi connectivity index (χ2v) is 12.9. The minimum absolute atomic E-state index is 0.165. The van der Waals surface area contributed by atoms with Crippen molar-refractivity contribution in [2.45, 2.75) is 72.0 Å². The van der Waals surface area contributed by atoms with E-state index in [1.54, 1.807) is 0 Å². The van der Waals surface area contributed by atoms with E-state index in [1.807, 2.05) is 0 Å². The Morgan fingerprint density at radius 1 is 0.840 bits per heavy atom. The van der Waals surface area contributed by atoms with Gasteiger partial charge in [-0.1, -0.05) is 67.7 Å². The first-order valence-corrected chi connectivity index (χ1v) is 10.5. The molecule has 0 bridgehead atoms. The highest BCUT2D eigenvalue weighted by Gasteiger charge is 2.38. The fourth-order valence-corrected chi connectivity index (χ4v) is 8.06. The largest absolute Gasteiger partial charge is 0.348 e. The number of hydrogen-bond donors (Lipinski definition) is 1.